The van der Waals surface area contributed by atoms with E-state index in [1.807, 2.05) is 66.7 Å². The van der Waals surface area contributed by atoms with Crippen molar-refractivity contribution in [2.24, 2.45) is 0 Å². The quantitative estimate of drug-likeness (QED) is 0.173. The van der Waals surface area contributed by atoms with Crippen molar-refractivity contribution in [1.82, 2.24) is 10.2 Å². The van der Waals surface area contributed by atoms with Gasteiger partial charge in [-0.25, -0.2) is 13.6 Å². The van der Waals surface area contributed by atoms with Gasteiger partial charge in [-0.3, -0.25) is 14.5 Å². The number of halogens is 2. The predicted molar refractivity (Wildman–Crippen MR) is 167 cm³/mol. The number of hydrogen-bond donors (Lipinski definition) is 1. The number of β-lactam (4-membered cyclic amide) rings is 1. The average molecular weight is 643 g/mol. The van der Waals surface area contributed by atoms with Crippen LogP contribution in [0.4, 0.5) is 8.78 Å². The van der Waals surface area contributed by atoms with E-state index in [2.05, 4.69) is 5.32 Å². The van der Waals surface area contributed by atoms with Gasteiger partial charge >= 0.3 is 5.97 Å². The molecule has 234 valence electrons. The number of carbonyl (C=O) groups is 3. The van der Waals surface area contributed by atoms with Crippen molar-refractivity contribution >= 4 is 29.5 Å². The zero-order valence-electron chi connectivity index (χ0n) is 24.3. The molecule has 0 bridgehead atoms. The largest absolute Gasteiger partial charge is 0.489 e. The van der Waals surface area contributed by atoms with E-state index in [0.29, 0.717) is 11.3 Å². The van der Waals surface area contributed by atoms with Crippen LogP contribution in [0.1, 0.15) is 17.2 Å². The molecule has 0 aromatic heterocycles. The van der Waals surface area contributed by atoms with Crippen LogP contribution < -0.4 is 14.8 Å². The number of esters is 1. The minimum absolute atomic E-state index is 0.0146. The molecule has 1 fully saturated rings. The summed E-state index contributed by atoms with van der Waals surface area (Å²) in [5, 5.41) is 2.12. The number of fused-ring (bicyclic) bond motifs is 1. The Kier molecular flexibility index (Phi) is 9.30. The lowest BCUT2D eigenvalue weighted by Crippen LogP contribution is -2.71. The summed E-state index contributed by atoms with van der Waals surface area (Å²) in [5.74, 6) is -3.05. The molecular formula is C35H28F2N2O6S. The zero-order chi connectivity index (χ0) is 32.0. The van der Waals surface area contributed by atoms with E-state index in [9.17, 15) is 23.2 Å². The summed E-state index contributed by atoms with van der Waals surface area (Å²) >= 11 is 1.33. The van der Waals surface area contributed by atoms with E-state index in [0.717, 1.165) is 23.3 Å². The van der Waals surface area contributed by atoms with Crippen molar-refractivity contribution in [2.45, 2.75) is 17.5 Å². The number of ether oxygens (including phenoxy) is 3. The Balaban J connectivity index is 1.25. The highest BCUT2D eigenvalue weighted by atomic mass is 32.2. The lowest BCUT2D eigenvalue weighted by molar-refractivity contribution is -0.155. The topological polar surface area (TPSA) is 94.2 Å². The second kappa shape index (κ2) is 13.9. The first-order valence-corrected chi connectivity index (χ1v) is 15.5. The number of benzene rings is 4. The van der Waals surface area contributed by atoms with Crippen molar-refractivity contribution in [3.63, 3.8) is 0 Å². The van der Waals surface area contributed by atoms with Gasteiger partial charge in [0, 0.05) is 17.4 Å². The van der Waals surface area contributed by atoms with Crippen molar-refractivity contribution in [3.05, 3.63) is 143 Å². The van der Waals surface area contributed by atoms with Crippen LogP contribution >= 0.6 is 11.8 Å². The predicted octanol–water partition coefficient (Wildman–Crippen LogP) is 5.41. The Morgan fingerprint density at radius 3 is 2.09 bits per heavy atom. The van der Waals surface area contributed by atoms with Gasteiger partial charge in [0.25, 0.3) is 11.8 Å². The summed E-state index contributed by atoms with van der Waals surface area (Å²) in [6.45, 7) is -0.485. The summed E-state index contributed by atoms with van der Waals surface area (Å²) in [7, 11) is 0. The highest BCUT2D eigenvalue weighted by Crippen LogP contribution is 2.42. The first-order chi connectivity index (χ1) is 22.4. The normalized spacial score (nSPS) is 17.2. The molecule has 46 heavy (non-hydrogen) atoms. The average Bonchev–Trinajstić information content (AvgIpc) is 3.09. The lowest BCUT2D eigenvalue weighted by atomic mass is 10.0. The molecule has 0 saturated carbocycles. The Morgan fingerprint density at radius 2 is 1.46 bits per heavy atom. The van der Waals surface area contributed by atoms with E-state index in [1.54, 1.807) is 24.3 Å². The summed E-state index contributed by atoms with van der Waals surface area (Å²) in [6, 6.07) is 29.4. The van der Waals surface area contributed by atoms with Gasteiger partial charge in [0.2, 0.25) is 0 Å². The molecule has 1 N–H and O–H groups in total. The van der Waals surface area contributed by atoms with Crippen LogP contribution in [0.3, 0.4) is 0 Å². The molecule has 2 atom stereocenters. The molecule has 2 heterocycles. The molecule has 0 spiro atoms. The van der Waals surface area contributed by atoms with Gasteiger partial charge in [0.15, 0.2) is 24.3 Å². The van der Waals surface area contributed by atoms with E-state index >= 15 is 0 Å². The standard InChI is InChI=1S/C35H28F2N2O6S/c36-27-17-16-26(18-28(27)37)43-19-24-21-46-34-30(38-29(40)20-44-25-14-8-3-9-15-25)33(41)39(34)31(24)35(42)45-32(22-10-4-1-5-11-22)23-12-6-2-7-13-23/h1-18,30,32,34H,19-21H2,(H,38,40)/t30?,34-/m0/s1. The first kappa shape index (κ1) is 30.8. The fourth-order valence-electron chi connectivity index (χ4n) is 5.15. The molecule has 2 aliphatic rings. The van der Waals surface area contributed by atoms with E-state index < -0.39 is 46.9 Å². The summed E-state index contributed by atoms with van der Waals surface area (Å²) in [6.07, 6.45) is -0.786. The monoisotopic (exact) mass is 642 g/mol. The maximum atomic E-state index is 14.0. The van der Waals surface area contributed by atoms with E-state index in [1.165, 1.54) is 22.7 Å². The summed E-state index contributed by atoms with van der Waals surface area (Å²) < 4.78 is 44.7. The third-order valence-electron chi connectivity index (χ3n) is 7.40. The molecule has 0 aliphatic carbocycles. The number of amides is 2. The smallest absolute Gasteiger partial charge is 0.356 e. The highest BCUT2D eigenvalue weighted by Gasteiger charge is 2.54. The van der Waals surface area contributed by atoms with Gasteiger partial charge in [0.05, 0.1) is 0 Å². The molecule has 11 heteroatoms. The minimum atomic E-state index is -1.08. The molecule has 4 aromatic rings. The van der Waals surface area contributed by atoms with Crippen molar-refractivity contribution in [1.29, 1.82) is 0 Å². The molecule has 1 saturated heterocycles. The number of rotatable bonds is 11. The Hall–Kier alpha value is -5.16. The van der Waals surface area contributed by atoms with Gasteiger partial charge in [-0.15, -0.1) is 11.8 Å². The second-order valence-electron chi connectivity index (χ2n) is 10.5. The van der Waals surface area contributed by atoms with Gasteiger partial charge in [-0.1, -0.05) is 78.9 Å². The number of nitrogens with zero attached hydrogens (tertiary/aromatic N) is 1. The van der Waals surface area contributed by atoms with Crippen LogP contribution in [-0.2, 0) is 19.1 Å². The van der Waals surface area contributed by atoms with Crippen LogP contribution in [-0.4, -0.2) is 53.1 Å². The number of thioether (sulfide) groups is 1. The van der Waals surface area contributed by atoms with Crippen LogP contribution in [0.25, 0.3) is 0 Å². The van der Waals surface area contributed by atoms with E-state index in [4.69, 9.17) is 14.2 Å². The van der Waals surface area contributed by atoms with E-state index in [-0.39, 0.29) is 30.4 Å². The molecule has 2 aliphatic heterocycles. The number of carbonyl (C=O) groups excluding carboxylic acids is 3. The number of hydrogen-bond acceptors (Lipinski definition) is 7. The third-order valence-corrected chi connectivity index (χ3v) is 8.74. The van der Waals surface area contributed by atoms with Crippen LogP contribution in [0.2, 0.25) is 0 Å². The van der Waals surface area contributed by atoms with Gasteiger partial charge < -0.3 is 19.5 Å². The van der Waals surface area contributed by atoms with Crippen molar-refractivity contribution in [3.8, 4) is 11.5 Å². The fourth-order valence-corrected chi connectivity index (χ4v) is 6.47. The van der Waals surface area contributed by atoms with Gasteiger partial charge in [-0.2, -0.15) is 0 Å². The summed E-state index contributed by atoms with van der Waals surface area (Å²) in [4.78, 5) is 41.6. The Labute approximate surface area is 268 Å². The van der Waals surface area contributed by atoms with Gasteiger partial charge in [0.1, 0.15) is 35.2 Å². The Bertz CT molecular complexity index is 1720. The fraction of sp³-hybridized carbons (Fsp3) is 0.171. The molecule has 1 unspecified atom stereocenters. The van der Waals surface area contributed by atoms with Crippen molar-refractivity contribution < 1.29 is 37.4 Å². The molecular weight excluding hydrogens is 614 g/mol. The molecule has 4 aromatic carbocycles. The second-order valence-corrected chi connectivity index (χ2v) is 11.6. The highest BCUT2D eigenvalue weighted by molar-refractivity contribution is 8.00. The summed E-state index contributed by atoms with van der Waals surface area (Å²) in [5.41, 5.74) is 1.85. The van der Waals surface area contributed by atoms with Gasteiger partial charge in [-0.05, 0) is 35.4 Å². The number of nitrogens with one attached hydrogen (secondary N) is 1. The SMILES string of the molecule is O=C(COc1ccccc1)NC1C(=O)N2C(C(=O)OC(c3ccccc3)c3ccccc3)=C(COc3ccc(F)c(F)c3)CS[C@@H]12. The maximum Gasteiger partial charge on any atom is 0.356 e. The zero-order valence-corrected chi connectivity index (χ0v) is 25.1. The van der Waals surface area contributed by atoms with Crippen LogP contribution in [0, 0.1) is 11.6 Å². The molecule has 8 nitrogen and oxygen atoms in total. The Morgan fingerprint density at radius 1 is 0.826 bits per heavy atom. The third kappa shape index (κ3) is 6.74. The number of para-hydroxylation sites is 1. The van der Waals surface area contributed by atoms with Crippen molar-refractivity contribution in [2.75, 3.05) is 19.0 Å². The molecule has 0 radical (unpaired) electrons. The molecule has 2 amide bonds. The lowest BCUT2D eigenvalue weighted by Gasteiger charge is -2.49. The van der Waals surface area contributed by atoms with Crippen LogP contribution in [0.5, 0.6) is 11.5 Å². The first-order valence-electron chi connectivity index (χ1n) is 14.4. The minimum Gasteiger partial charge on any atom is -0.489 e. The van der Waals surface area contributed by atoms with Crippen LogP contribution in [0.15, 0.2) is 120 Å². The maximum absolute atomic E-state index is 14.0. The molecule has 6 rings (SSSR count).